The van der Waals surface area contributed by atoms with Gasteiger partial charge in [-0.1, -0.05) is 0 Å². The normalized spacial score (nSPS) is 19.6. The smallest absolute Gasteiger partial charge is 0.221 e. The maximum Gasteiger partial charge on any atom is 0.221 e. The topological polar surface area (TPSA) is 68.8 Å². The Balaban J connectivity index is 0.00000192. The molecule has 1 unspecified atom stereocenters. The van der Waals surface area contributed by atoms with E-state index in [1.807, 2.05) is 12.1 Å². The lowest BCUT2D eigenvalue weighted by molar-refractivity contribution is -0.122. The highest BCUT2D eigenvalue weighted by Crippen LogP contribution is 2.38. The Morgan fingerprint density at radius 1 is 1.30 bits per heavy atom. The fourth-order valence-corrected chi connectivity index (χ4v) is 3.12. The monoisotopic (exact) mass is 406 g/mol. The Morgan fingerprint density at radius 2 is 2.13 bits per heavy atom. The van der Waals surface area contributed by atoms with Crippen LogP contribution in [0.15, 0.2) is 16.6 Å². The number of carbonyl (C=O) groups is 1. The van der Waals surface area contributed by atoms with E-state index in [0.717, 1.165) is 22.3 Å². The zero-order valence-electron chi connectivity index (χ0n) is 12.6. The van der Waals surface area contributed by atoms with Gasteiger partial charge in [-0.25, -0.2) is 0 Å². The van der Waals surface area contributed by atoms with Gasteiger partial charge in [0.05, 0.1) is 17.7 Å². The van der Waals surface area contributed by atoms with E-state index in [1.54, 1.807) is 0 Å². The molecule has 1 atom stereocenters. The van der Waals surface area contributed by atoms with Gasteiger partial charge in [-0.2, -0.15) is 0 Å². The van der Waals surface area contributed by atoms with Crippen LogP contribution in [0, 0.1) is 0 Å². The Kier molecular flexibility index (Phi) is 6.95. The summed E-state index contributed by atoms with van der Waals surface area (Å²) in [7, 11) is 0. The summed E-state index contributed by atoms with van der Waals surface area (Å²) in [5.41, 5.74) is 0.970. The first-order valence-corrected chi connectivity index (χ1v) is 8.17. The summed E-state index contributed by atoms with van der Waals surface area (Å²) < 4.78 is 17.3. The average molecular weight is 408 g/mol. The van der Waals surface area contributed by atoms with Crippen molar-refractivity contribution < 1.29 is 19.0 Å². The highest BCUT2D eigenvalue weighted by atomic mass is 79.9. The van der Waals surface area contributed by atoms with Crippen LogP contribution in [0.5, 0.6) is 11.5 Å². The third kappa shape index (κ3) is 4.97. The molecule has 2 aliphatic rings. The molecule has 23 heavy (non-hydrogen) atoms. The third-order valence-electron chi connectivity index (χ3n) is 3.58. The quantitative estimate of drug-likeness (QED) is 0.794. The van der Waals surface area contributed by atoms with Crippen LogP contribution in [0.4, 0.5) is 0 Å². The zero-order chi connectivity index (χ0) is 15.4. The van der Waals surface area contributed by atoms with Gasteiger partial charge >= 0.3 is 0 Å². The van der Waals surface area contributed by atoms with E-state index < -0.39 is 0 Å². The molecule has 1 aromatic carbocycles. The van der Waals surface area contributed by atoms with Crippen molar-refractivity contribution in [3.05, 3.63) is 22.2 Å². The van der Waals surface area contributed by atoms with Gasteiger partial charge in [-0.05, 0) is 33.6 Å². The molecule has 0 radical (unpaired) electrons. The number of ether oxygens (including phenoxy) is 3. The van der Waals surface area contributed by atoms with Gasteiger partial charge in [0.2, 0.25) is 5.91 Å². The molecule has 1 aromatic rings. The number of hydrogen-bond donors (Lipinski definition) is 2. The van der Waals surface area contributed by atoms with Gasteiger partial charge in [0.1, 0.15) is 13.2 Å². The van der Waals surface area contributed by atoms with Crippen molar-refractivity contribution >= 4 is 34.2 Å². The van der Waals surface area contributed by atoms with Crippen molar-refractivity contribution in [3.8, 4) is 11.5 Å². The Labute approximate surface area is 149 Å². The lowest BCUT2D eigenvalue weighted by atomic mass is 10.1. The number of hydrogen-bond acceptors (Lipinski definition) is 5. The molecule has 1 amide bonds. The van der Waals surface area contributed by atoms with Crippen molar-refractivity contribution in [2.24, 2.45) is 0 Å². The van der Waals surface area contributed by atoms with Crippen molar-refractivity contribution in [2.75, 3.05) is 33.0 Å². The van der Waals surface area contributed by atoms with Crippen LogP contribution in [-0.4, -0.2) is 44.9 Å². The van der Waals surface area contributed by atoms with Crippen molar-refractivity contribution in [1.29, 1.82) is 0 Å². The van der Waals surface area contributed by atoms with Crippen molar-refractivity contribution in [2.45, 2.75) is 19.0 Å². The molecule has 2 N–H and O–H groups in total. The van der Waals surface area contributed by atoms with E-state index in [-0.39, 0.29) is 24.4 Å². The fourth-order valence-electron chi connectivity index (χ4n) is 2.51. The first kappa shape index (κ1) is 18.3. The largest absolute Gasteiger partial charge is 0.486 e. The number of carbonyl (C=O) groups excluding carboxylic acids is 1. The minimum atomic E-state index is 0. The fraction of sp³-hybridized carbons (Fsp3) is 0.533. The first-order valence-electron chi connectivity index (χ1n) is 7.38. The van der Waals surface area contributed by atoms with E-state index in [1.165, 1.54) is 0 Å². The van der Waals surface area contributed by atoms with E-state index in [4.69, 9.17) is 14.2 Å². The van der Waals surface area contributed by atoms with Crippen LogP contribution in [0.25, 0.3) is 0 Å². The van der Waals surface area contributed by atoms with Gasteiger partial charge in [0, 0.05) is 25.6 Å². The molecular formula is C15H20BrClN2O4. The summed E-state index contributed by atoms with van der Waals surface area (Å²) in [5, 5.41) is 6.20. The molecule has 0 aliphatic carbocycles. The Bertz CT molecular complexity index is 553. The van der Waals surface area contributed by atoms with Crippen LogP contribution in [-0.2, 0) is 16.1 Å². The third-order valence-corrected chi connectivity index (χ3v) is 4.17. The second kappa shape index (κ2) is 8.73. The van der Waals surface area contributed by atoms with Crippen LogP contribution in [0.2, 0.25) is 0 Å². The van der Waals surface area contributed by atoms with Crippen LogP contribution >= 0.6 is 28.3 Å². The van der Waals surface area contributed by atoms with Gasteiger partial charge < -0.3 is 24.8 Å². The maximum atomic E-state index is 12.0. The second-order valence-electron chi connectivity index (χ2n) is 5.31. The maximum absolute atomic E-state index is 12.0. The predicted molar refractivity (Wildman–Crippen MR) is 91.5 cm³/mol. The van der Waals surface area contributed by atoms with Crippen LogP contribution in [0.1, 0.15) is 12.0 Å². The molecule has 2 aliphatic heterocycles. The van der Waals surface area contributed by atoms with Gasteiger partial charge in [0.25, 0.3) is 0 Å². The summed E-state index contributed by atoms with van der Waals surface area (Å²) in [5.74, 6) is 1.45. The summed E-state index contributed by atoms with van der Waals surface area (Å²) in [4.78, 5) is 12.0. The van der Waals surface area contributed by atoms with Crippen LogP contribution in [0.3, 0.4) is 0 Å². The minimum Gasteiger partial charge on any atom is -0.486 e. The van der Waals surface area contributed by atoms with E-state index in [9.17, 15) is 4.79 Å². The lowest BCUT2D eigenvalue weighted by Crippen LogP contribution is -2.44. The molecule has 1 fully saturated rings. The molecule has 0 spiro atoms. The summed E-state index contributed by atoms with van der Waals surface area (Å²) >= 11 is 3.48. The van der Waals surface area contributed by atoms with Gasteiger partial charge in [-0.3, -0.25) is 4.79 Å². The zero-order valence-corrected chi connectivity index (χ0v) is 15.0. The van der Waals surface area contributed by atoms with Gasteiger partial charge in [0.15, 0.2) is 11.5 Å². The number of rotatable bonds is 4. The molecule has 1 saturated heterocycles. The predicted octanol–water partition coefficient (Wildman–Crippen LogP) is 1.64. The molecule has 3 rings (SSSR count). The van der Waals surface area contributed by atoms with Crippen molar-refractivity contribution in [3.63, 3.8) is 0 Å². The summed E-state index contributed by atoms with van der Waals surface area (Å²) in [6.07, 6.45) is 0.422. The first-order chi connectivity index (χ1) is 10.7. The average Bonchev–Trinajstić information content (AvgIpc) is 2.54. The van der Waals surface area contributed by atoms with Gasteiger partial charge in [-0.15, -0.1) is 12.4 Å². The number of fused-ring (bicyclic) bond motifs is 1. The number of morpholine rings is 1. The van der Waals surface area contributed by atoms with Crippen molar-refractivity contribution in [1.82, 2.24) is 10.6 Å². The molecule has 0 aromatic heterocycles. The van der Waals surface area contributed by atoms with E-state index in [0.29, 0.717) is 45.1 Å². The molecule has 0 saturated carbocycles. The molecular weight excluding hydrogens is 388 g/mol. The Morgan fingerprint density at radius 3 is 2.91 bits per heavy atom. The second-order valence-corrected chi connectivity index (χ2v) is 6.16. The molecule has 2 heterocycles. The van der Waals surface area contributed by atoms with E-state index in [2.05, 4.69) is 26.6 Å². The number of benzene rings is 1. The standard InChI is InChI=1S/C15H19BrN2O4.ClH/c16-12-5-10(6-13-15(12)22-4-3-21-13)8-18-14(19)7-11-9-20-2-1-17-11;/h5-6,11,17H,1-4,7-9H2,(H,18,19);1H. The lowest BCUT2D eigenvalue weighted by Gasteiger charge is -2.23. The van der Waals surface area contributed by atoms with E-state index >= 15 is 0 Å². The number of amides is 1. The highest BCUT2D eigenvalue weighted by molar-refractivity contribution is 9.10. The SMILES string of the molecule is Cl.O=C(CC1COCCN1)NCc1cc(Br)c2c(c1)OCCO2. The van der Waals surface area contributed by atoms with Crippen LogP contribution < -0.4 is 20.1 Å². The highest BCUT2D eigenvalue weighted by Gasteiger charge is 2.18. The molecule has 6 nitrogen and oxygen atoms in total. The summed E-state index contributed by atoms with van der Waals surface area (Å²) in [6.45, 7) is 3.65. The number of nitrogens with one attached hydrogen (secondary N) is 2. The molecule has 128 valence electrons. The molecule has 0 bridgehead atoms. The Hall–Kier alpha value is -1.02. The summed E-state index contributed by atoms with van der Waals surface area (Å²) in [6, 6.07) is 3.94. The molecule has 8 heteroatoms. The minimum absolute atomic E-state index is 0. The number of halogens is 2.